The van der Waals surface area contributed by atoms with Crippen molar-refractivity contribution in [2.45, 2.75) is 19.8 Å². The first-order valence-corrected chi connectivity index (χ1v) is 4.50. The molecule has 0 aliphatic carbocycles. The van der Waals surface area contributed by atoms with E-state index in [-0.39, 0.29) is 12.2 Å². The summed E-state index contributed by atoms with van der Waals surface area (Å²) in [7, 11) is 0. The standard InChI is InChI=1S/C10H11ClO2/c1-2-7-5-8(3-4-12)10(13)9(11)6-7/h4-6,13H,2-3H2,1H3. The maximum Gasteiger partial charge on any atom is 0.137 e. The normalized spacial score (nSPS) is 10.0. The fourth-order valence-electron chi connectivity index (χ4n) is 1.17. The van der Waals surface area contributed by atoms with E-state index in [1.54, 1.807) is 12.1 Å². The lowest BCUT2D eigenvalue weighted by Crippen LogP contribution is -1.90. The zero-order valence-corrected chi connectivity index (χ0v) is 8.14. The van der Waals surface area contributed by atoms with Crippen molar-refractivity contribution in [1.82, 2.24) is 0 Å². The Kier molecular flexibility index (Phi) is 3.32. The molecular weight excluding hydrogens is 188 g/mol. The summed E-state index contributed by atoms with van der Waals surface area (Å²) >= 11 is 5.77. The number of carbonyl (C=O) groups excluding carboxylic acids is 1. The van der Waals surface area contributed by atoms with Crippen molar-refractivity contribution in [3.05, 3.63) is 28.3 Å². The molecule has 3 heteroatoms. The van der Waals surface area contributed by atoms with Gasteiger partial charge in [0.15, 0.2) is 0 Å². The Balaban J connectivity index is 3.15. The number of carbonyl (C=O) groups is 1. The molecule has 2 nitrogen and oxygen atoms in total. The second-order valence-corrected chi connectivity index (χ2v) is 3.22. The third-order valence-corrected chi connectivity index (χ3v) is 2.20. The Labute approximate surface area is 82.2 Å². The number of rotatable bonds is 3. The van der Waals surface area contributed by atoms with E-state index >= 15 is 0 Å². The molecule has 70 valence electrons. The van der Waals surface area contributed by atoms with Gasteiger partial charge in [-0.3, -0.25) is 0 Å². The molecule has 0 heterocycles. The summed E-state index contributed by atoms with van der Waals surface area (Å²) in [4.78, 5) is 10.3. The number of benzene rings is 1. The highest BCUT2D eigenvalue weighted by Crippen LogP contribution is 2.29. The minimum absolute atomic E-state index is 0.0194. The van der Waals surface area contributed by atoms with Crippen LogP contribution in [0.25, 0.3) is 0 Å². The lowest BCUT2D eigenvalue weighted by molar-refractivity contribution is -0.107. The predicted molar refractivity (Wildman–Crippen MR) is 52.3 cm³/mol. The number of aryl methyl sites for hydroxylation is 1. The van der Waals surface area contributed by atoms with Crippen molar-refractivity contribution in [2.75, 3.05) is 0 Å². The molecule has 0 saturated carbocycles. The smallest absolute Gasteiger partial charge is 0.137 e. The average Bonchev–Trinajstić information content (AvgIpc) is 2.13. The van der Waals surface area contributed by atoms with Crippen LogP contribution in [-0.4, -0.2) is 11.4 Å². The molecule has 0 fully saturated rings. The molecule has 0 unspecified atom stereocenters. The van der Waals surface area contributed by atoms with Crippen LogP contribution in [-0.2, 0) is 17.6 Å². The molecule has 1 aromatic carbocycles. The molecule has 1 aromatic rings. The number of hydrogen-bond donors (Lipinski definition) is 1. The molecule has 0 atom stereocenters. The van der Waals surface area contributed by atoms with E-state index in [1.165, 1.54) is 0 Å². The molecule has 0 amide bonds. The summed E-state index contributed by atoms with van der Waals surface area (Å²) in [5, 5.41) is 9.77. The molecule has 0 aliphatic rings. The summed E-state index contributed by atoms with van der Waals surface area (Å²) in [6.45, 7) is 1.99. The van der Waals surface area contributed by atoms with Gasteiger partial charge < -0.3 is 9.90 Å². The van der Waals surface area contributed by atoms with Crippen LogP contribution in [0.3, 0.4) is 0 Å². The Morgan fingerprint density at radius 1 is 1.54 bits per heavy atom. The third kappa shape index (κ3) is 2.22. The molecule has 0 spiro atoms. The van der Waals surface area contributed by atoms with Gasteiger partial charge >= 0.3 is 0 Å². The van der Waals surface area contributed by atoms with E-state index in [4.69, 9.17) is 11.6 Å². The lowest BCUT2D eigenvalue weighted by atomic mass is 10.1. The highest BCUT2D eigenvalue weighted by atomic mass is 35.5. The number of phenolic OH excluding ortho intramolecular Hbond substituents is 1. The van der Waals surface area contributed by atoms with Crippen LogP contribution in [0.4, 0.5) is 0 Å². The van der Waals surface area contributed by atoms with Crippen LogP contribution in [0.2, 0.25) is 5.02 Å². The zero-order valence-electron chi connectivity index (χ0n) is 7.38. The molecule has 0 radical (unpaired) electrons. The largest absolute Gasteiger partial charge is 0.506 e. The van der Waals surface area contributed by atoms with Crippen molar-refractivity contribution in [3.8, 4) is 5.75 Å². The van der Waals surface area contributed by atoms with Crippen LogP contribution in [0.1, 0.15) is 18.1 Å². The quantitative estimate of drug-likeness (QED) is 0.758. The van der Waals surface area contributed by atoms with E-state index in [0.29, 0.717) is 10.6 Å². The van der Waals surface area contributed by atoms with Crippen molar-refractivity contribution in [1.29, 1.82) is 0 Å². The number of halogens is 1. The number of aromatic hydroxyl groups is 1. The summed E-state index contributed by atoms with van der Waals surface area (Å²) < 4.78 is 0. The Hall–Kier alpha value is -1.02. The van der Waals surface area contributed by atoms with Crippen molar-refractivity contribution < 1.29 is 9.90 Å². The van der Waals surface area contributed by atoms with Gasteiger partial charge in [-0.05, 0) is 18.1 Å². The van der Waals surface area contributed by atoms with E-state index in [1.807, 2.05) is 6.92 Å². The fraction of sp³-hybridized carbons (Fsp3) is 0.300. The zero-order chi connectivity index (χ0) is 9.84. The fourth-order valence-corrected chi connectivity index (χ4v) is 1.43. The Morgan fingerprint density at radius 3 is 2.77 bits per heavy atom. The molecular formula is C10H11ClO2. The SMILES string of the molecule is CCc1cc(Cl)c(O)c(CC=O)c1. The minimum atomic E-state index is 0.0194. The molecule has 0 aliphatic heterocycles. The van der Waals surface area contributed by atoms with Gasteiger partial charge in [0.05, 0.1) is 5.02 Å². The van der Waals surface area contributed by atoms with Crippen LogP contribution >= 0.6 is 11.6 Å². The monoisotopic (exact) mass is 198 g/mol. The van der Waals surface area contributed by atoms with Gasteiger partial charge in [-0.25, -0.2) is 0 Å². The van der Waals surface area contributed by atoms with Gasteiger partial charge in [0.1, 0.15) is 12.0 Å². The van der Waals surface area contributed by atoms with Crippen LogP contribution in [0.5, 0.6) is 5.75 Å². The summed E-state index contributed by atoms with van der Waals surface area (Å²) in [5.41, 5.74) is 1.62. The van der Waals surface area contributed by atoms with Gasteiger partial charge in [0.25, 0.3) is 0 Å². The van der Waals surface area contributed by atoms with E-state index in [9.17, 15) is 9.90 Å². The van der Waals surface area contributed by atoms with Gasteiger partial charge in [-0.1, -0.05) is 24.6 Å². The second-order valence-electron chi connectivity index (χ2n) is 2.81. The maximum atomic E-state index is 10.3. The predicted octanol–water partition coefficient (Wildman–Crippen LogP) is 2.35. The molecule has 13 heavy (non-hydrogen) atoms. The first kappa shape index (κ1) is 10.1. The van der Waals surface area contributed by atoms with E-state index in [2.05, 4.69) is 0 Å². The van der Waals surface area contributed by atoms with Crippen molar-refractivity contribution in [2.24, 2.45) is 0 Å². The van der Waals surface area contributed by atoms with Crippen LogP contribution in [0.15, 0.2) is 12.1 Å². The third-order valence-electron chi connectivity index (χ3n) is 1.91. The van der Waals surface area contributed by atoms with E-state index in [0.717, 1.165) is 18.3 Å². The topological polar surface area (TPSA) is 37.3 Å². The van der Waals surface area contributed by atoms with Gasteiger partial charge in [-0.15, -0.1) is 0 Å². The maximum absolute atomic E-state index is 10.3. The van der Waals surface area contributed by atoms with Crippen LogP contribution in [0, 0.1) is 0 Å². The van der Waals surface area contributed by atoms with Crippen LogP contribution < -0.4 is 0 Å². The molecule has 0 saturated heterocycles. The Morgan fingerprint density at radius 2 is 2.23 bits per heavy atom. The summed E-state index contributed by atoms with van der Waals surface area (Å²) in [5.74, 6) is 0.0194. The number of aldehydes is 1. The first-order chi connectivity index (χ1) is 6.19. The molecule has 1 rings (SSSR count). The molecule has 1 N–H and O–H groups in total. The summed E-state index contributed by atoms with van der Waals surface area (Å²) in [6.07, 6.45) is 1.80. The second kappa shape index (κ2) is 4.28. The van der Waals surface area contributed by atoms with Gasteiger partial charge in [0.2, 0.25) is 0 Å². The molecule has 0 bridgehead atoms. The van der Waals surface area contributed by atoms with E-state index < -0.39 is 0 Å². The average molecular weight is 199 g/mol. The van der Waals surface area contributed by atoms with Crippen molar-refractivity contribution in [3.63, 3.8) is 0 Å². The van der Waals surface area contributed by atoms with Crippen molar-refractivity contribution >= 4 is 17.9 Å². The highest BCUT2D eigenvalue weighted by molar-refractivity contribution is 6.32. The number of hydrogen-bond acceptors (Lipinski definition) is 2. The van der Waals surface area contributed by atoms with Gasteiger partial charge in [0, 0.05) is 12.0 Å². The molecule has 0 aromatic heterocycles. The lowest BCUT2D eigenvalue weighted by Gasteiger charge is -2.05. The highest BCUT2D eigenvalue weighted by Gasteiger charge is 2.06. The Bertz CT molecular complexity index is 321. The minimum Gasteiger partial charge on any atom is -0.506 e. The first-order valence-electron chi connectivity index (χ1n) is 4.13. The number of phenols is 1. The summed E-state index contributed by atoms with van der Waals surface area (Å²) in [6, 6.07) is 3.51. The van der Waals surface area contributed by atoms with Gasteiger partial charge in [-0.2, -0.15) is 0 Å².